The van der Waals surface area contributed by atoms with E-state index in [0.717, 1.165) is 21.1 Å². The predicted molar refractivity (Wildman–Crippen MR) is 68.2 cm³/mol. The first-order valence-electron chi connectivity index (χ1n) is 5.38. The Hall–Kier alpha value is -1.62. The molecule has 1 N–H and O–H groups in total. The Bertz CT molecular complexity index is 516. The molecule has 0 aliphatic carbocycles. The van der Waals surface area contributed by atoms with Crippen molar-refractivity contribution in [1.29, 1.82) is 0 Å². The highest BCUT2D eigenvalue weighted by Gasteiger charge is 2.16. The minimum Gasteiger partial charge on any atom is -0.347 e. The smallest absolute Gasteiger partial charge is 0.255 e. The summed E-state index contributed by atoms with van der Waals surface area (Å²) < 4.78 is 0. The van der Waals surface area contributed by atoms with Crippen LogP contribution in [0.1, 0.15) is 25.9 Å². The summed E-state index contributed by atoms with van der Waals surface area (Å²) >= 11 is 1.65. The van der Waals surface area contributed by atoms with Gasteiger partial charge in [-0.2, -0.15) is 0 Å². The van der Waals surface area contributed by atoms with Crippen LogP contribution in [0.25, 0.3) is 0 Å². The quantitative estimate of drug-likeness (QED) is 0.907. The molecule has 4 nitrogen and oxygen atoms in total. The number of aromatic nitrogens is 2. The largest absolute Gasteiger partial charge is 0.347 e. The number of rotatable bonds is 3. The number of thiophene rings is 1. The van der Waals surface area contributed by atoms with Gasteiger partial charge >= 0.3 is 0 Å². The van der Waals surface area contributed by atoms with Crippen LogP contribution in [0.4, 0.5) is 0 Å². The molecule has 1 amide bonds. The molecular formula is C12H15N3OS. The van der Waals surface area contributed by atoms with E-state index in [1.165, 1.54) is 0 Å². The van der Waals surface area contributed by atoms with Crippen LogP contribution < -0.4 is 0 Å². The minimum atomic E-state index is 0.0447. The normalized spacial score (nSPS) is 10.5. The van der Waals surface area contributed by atoms with E-state index in [0.29, 0.717) is 6.54 Å². The highest BCUT2D eigenvalue weighted by Crippen LogP contribution is 2.21. The van der Waals surface area contributed by atoms with Crippen LogP contribution >= 0.6 is 11.3 Å². The first kappa shape index (κ1) is 11.9. The number of nitrogens with zero attached hydrogens (tertiary/aromatic N) is 2. The summed E-state index contributed by atoms with van der Waals surface area (Å²) in [5, 5.41) is 0. The molecule has 17 heavy (non-hydrogen) atoms. The summed E-state index contributed by atoms with van der Waals surface area (Å²) in [5.41, 5.74) is 0.793. The second-order valence-corrected chi connectivity index (χ2v) is 5.48. The van der Waals surface area contributed by atoms with Gasteiger partial charge in [0.25, 0.3) is 5.91 Å². The van der Waals surface area contributed by atoms with Gasteiger partial charge in [0.1, 0.15) is 5.82 Å². The van der Waals surface area contributed by atoms with E-state index < -0.39 is 0 Å². The predicted octanol–water partition coefficient (Wildman–Crippen LogP) is 2.36. The zero-order valence-electron chi connectivity index (χ0n) is 10.2. The third kappa shape index (κ3) is 2.55. The number of carbonyl (C=O) groups is 1. The van der Waals surface area contributed by atoms with Crippen molar-refractivity contribution in [2.45, 2.75) is 20.4 Å². The van der Waals surface area contributed by atoms with Crippen LogP contribution in [0.2, 0.25) is 0 Å². The van der Waals surface area contributed by atoms with E-state index in [-0.39, 0.29) is 5.91 Å². The summed E-state index contributed by atoms with van der Waals surface area (Å²) in [7, 11) is 1.79. The molecule has 5 heteroatoms. The Morgan fingerprint density at radius 2 is 2.29 bits per heavy atom. The molecule has 0 unspecified atom stereocenters. The van der Waals surface area contributed by atoms with Crippen molar-refractivity contribution in [3.05, 3.63) is 39.6 Å². The van der Waals surface area contributed by atoms with E-state index >= 15 is 0 Å². The highest BCUT2D eigenvalue weighted by molar-refractivity contribution is 7.12. The molecule has 2 rings (SSSR count). The monoisotopic (exact) mass is 249 g/mol. The van der Waals surface area contributed by atoms with Crippen LogP contribution in [-0.4, -0.2) is 27.8 Å². The Labute approximate surface area is 104 Å². The molecule has 0 aliphatic heterocycles. The topological polar surface area (TPSA) is 49.0 Å². The van der Waals surface area contributed by atoms with Gasteiger partial charge in [0.15, 0.2) is 0 Å². The van der Waals surface area contributed by atoms with Crippen molar-refractivity contribution in [1.82, 2.24) is 14.9 Å². The Kier molecular flexibility index (Phi) is 3.28. The molecule has 0 saturated carbocycles. The first-order valence-corrected chi connectivity index (χ1v) is 6.20. The van der Waals surface area contributed by atoms with E-state index in [4.69, 9.17) is 0 Å². The molecular weight excluding hydrogens is 234 g/mol. The van der Waals surface area contributed by atoms with Gasteiger partial charge in [-0.25, -0.2) is 4.98 Å². The third-order valence-electron chi connectivity index (χ3n) is 2.56. The summed E-state index contributed by atoms with van der Waals surface area (Å²) in [6.07, 6.45) is 3.45. The fourth-order valence-electron chi connectivity index (χ4n) is 1.73. The van der Waals surface area contributed by atoms with Crippen molar-refractivity contribution in [2.75, 3.05) is 7.05 Å². The second kappa shape index (κ2) is 4.71. The van der Waals surface area contributed by atoms with E-state index in [2.05, 4.69) is 9.97 Å². The fourth-order valence-corrected chi connectivity index (χ4v) is 2.65. The lowest BCUT2D eigenvalue weighted by molar-refractivity contribution is 0.0781. The zero-order chi connectivity index (χ0) is 12.4. The molecule has 0 spiro atoms. The van der Waals surface area contributed by atoms with Crippen molar-refractivity contribution in [3.63, 3.8) is 0 Å². The number of hydrogen-bond acceptors (Lipinski definition) is 3. The van der Waals surface area contributed by atoms with Crippen LogP contribution in [0.15, 0.2) is 18.5 Å². The van der Waals surface area contributed by atoms with Gasteiger partial charge in [-0.3, -0.25) is 4.79 Å². The number of hydrogen-bond donors (Lipinski definition) is 1. The third-order valence-corrected chi connectivity index (χ3v) is 3.53. The number of H-pyrrole nitrogens is 1. The van der Waals surface area contributed by atoms with Crippen molar-refractivity contribution < 1.29 is 4.79 Å². The summed E-state index contributed by atoms with van der Waals surface area (Å²) in [4.78, 5) is 23.2. The van der Waals surface area contributed by atoms with E-state index in [9.17, 15) is 4.79 Å². The molecule has 0 aromatic carbocycles. The SMILES string of the molecule is Cc1cc(C(=O)N(C)Cc2ncc[nH]2)c(C)s1. The standard InChI is InChI=1S/C12H15N3OS/c1-8-6-10(9(2)17-8)12(16)15(3)7-11-13-4-5-14-11/h4-6H,7H2,1-3H3,(H,13,14). The Morgan fingerprint density at radius 1 is 1.53 bits per heavy atom. The molecule has 0 aliphatic rings. The highest BCUT2D eigenvalue weighted by atomic mass is 32.1. The van der Waals surface area contributed by atoms with Gasteiger partial charge in [0.05, 0.1) is 12.1 Å². The molecule has 2 heterocycles. The van der Waals surface area contributed by atoms with Crippen molar-refractivity contribution in [2.24, 2.45) is 0 Å². The molecule has 0 saturated heterocycles. The summed E-state index contributed by atoms with van der Waals surface area (Å²) in [5.74, 6) is 0.841. The molecule has 2 aromatic heterocycles. The number of carbonyl (C=O) groups excluding carboxylic acids is 1. The average Bonchev–Trinajstić information content (AvgIpc) is 2.87. The van der Waals surface area contributed by atoms with Crippen LogP contribution in [-0.2, 0) is 6.54 Å². The molecule has 2 aromatic rings. The molecule has 0 radical (unpaired) electrons. The molecule has 0 atom stereocenters. The van der Waals surface area contributed by atoms with Gasteiger partial charge in [-0.1, -0.05) is 0 Å². The van der Waals surface area contributed by atoms with Crippen LogP contribution in [0.3, 0.4) is 0 Å². The summed E-state index contributed by atoms with van der Waals surface area (Å²) in [6.45, 7) is 4.49. The number of amides is 1. The minimum absolute atomic E-state index is 0.0447. The van der Waals surface area contributed by atoms with Crippen LogP contribution in [0.5, 0.6) is 0 Å². The van der Waals surface area contributed by atoms with Crippen LogP contribution in [0, 0.1) is 13.8 Å². The lowest BCUT2D eigenvalue weighted by Crippen LogP contribution is -2.26. The molecule has 0 bridgehead atoms. The maximum atomic E-state index is 12.2. The fraction of sp³-hybridized carbons (Fsp3) is 0.333. The van der Waals surface area contributed by atoms with Crippen molar-refractivity contribution in [3.8, 4) is 0 Å². The maximum Gasteiger partial charge on any atom is 0.255 e. The second-order valence-electron chi connectivity index (χ2n) is 4.02. The molecule has 0 fully saturated rings. The van der Waals surface area contributed by atoms with Gasteiger partial charge in [0, 0.05) is 29.2 Å². The maximum absolute atomic E-state index is 12.2. The number of imidazole rings is 1. The summed E-state index contributed by atoms with van der Waals surface area (Å²) in [6, 6.07) is 1.95. The van der Waals surface area contributed by atoms with E-state index in [1.54, 1.807) is 35.7 Å². The number of nitrogens with one attached hydrogen (secondary N) is 1. The number of aryl methyl sites for hydroxylation is 2. The Morgan fingerprint density at radius 3 is 2.82 bits per heavy atom. The first-order chi connectivity index (χ1) is 8.08. The average molecular weight is 249 g/mol. The van der Waals surface area contributed by atoms with E-state index in [1.807, 2.05) is 19.9 Å². The van der Waals surface area contributed by atoms with Gasteiger partial charge in [0.2, 0.25) is 0 Å². The van der Waals surface area contributed by atoms with Gasteiger partial charge < -0.3 is 9.88 Å². The van der Waals surface area contributed by atoms with Gasteiger partial charge in [-0.05, 0) is 19.9 Å². The Balaban J connectivity index is 2.12. The molecule has 90 valence electrons. The lowest BCUT2D eigenvalue weighted by atomic mass is 10.2. The van der Waals surface area contributed by atoms with Crippen molar-refractivity contribution >= 4 is 17.2 Å². The lowest BCUT2D eigenvalue weighted by Gasteiger charge is -2.15. The zero-order valence-corrected chi connectivity index (χ0v) is 11.0. The van der Waals surface area contributed by atoms with Gasteiger partial charge in [-0.15, -0.1) is 11.3 Å². The number of aromatic amines is 1.